The van der Waals surface area contributed by atoms with E-state index in [9.17, 15) is 9.90 Å². The summed E-state index contributed by atoms with van der Waals surface area (Å²) in [6.45, 7) is -0.132. The van der Waals surface area contributed by atoms with Gasteiger partial charge in [0, 0.05) is 12.5 Å². The number of hydrogen-bond acceptors (Lipinski definition) is 2. The van der Waals surface area contributed by atoms with Crippen LogP contribution in [0.2, 0.25) is 10.0 Å². The molecule has 0 amide bonds. The van der Waals surface area contributed by atoms with Crippen LogP contribution < -0.4 is 0 Å². The van der Waals surface area contributed by atoms with Gasteiger partial charge in [-0.2, -0.15) is 0 Å². The Labute approximate surface area is 103 Å². The molecule has 0 bridgehead atoms. The summed E-state index contributed by atoms with van der Waals surface area (Å²) >= 11 is 11.6. The standard InChI is InChI=1S/C11H10Cl2O3/c12-8-2-1-6(3-9(8)13)11(10(15)16)4-7(11)5-14/h1-3,7,14H,4-5H2,(H,15,16)/t7-,11+/m0/s1. The molecule has 0 aliphatic heterocycles. The minimum Gasteiger partial charge on any atom is -0.481 e. The van der Waals surface area contributed by atoms with Gasteiger partial charge in [0.1, 0.15) is 0 Å². The van der Waals surface area contributed by atoms with Gasteiger partial charge in [0.05, 0.1) is 15.5 Å². The van der Waals surface area contributed by atoms with Gasteiger partial charge in [0.25, 0.3) is 0 Å². The zero-order chi connectivity index (χ0) is 11.9. The van der Waals surface area contributed by atoms with Gasteiger partial charge in [0.15, 0.2) is 0 Å². The van der Waals surface area contributed by atoms with Gasteiger partial charge in [-0.3, -0.25) is 4.79 Å². The zero-order valence-corrected chi connectivity index (χ0v) is 9.79. The minimum atomic E-state index is -0.983. The Morgan fingerprint density at radius 3 is 2.56 bits per heavy atom. The largest absolute Gasteiger partial charge is 0.481 e. The number of aliphatic carboxylic acids is 1. The van der Waals surface area contributed by atoms with Crippen molar-refractivity contribution in [3.8, 4) is 0 Å². The van der Waals surface area contributed by atoms with Gasteiger partial charge in [-0.15, -0.1) is 0 Å². The van der Waals surface area contributed by atoms with Crippen LogP contribution >= 0.6 is 23.2 Å². The quantitative estimate of drug-likeness (QED) is 0.877. The van der Waals surface area contributed by atoms with Crippen LogP contribution in [0.5, 0.6) is 0 Å². The van der Waals surface area contributed by atoms with E-state index in [2.05, 4.69) is 0 Å². The monoisotopic (exact) mass is 260 g/mol. The summed E-state index contributed by atoms with van der Waals surface area (Å²) in [6.07, 6.45) is 0.441. The average molecular weight is 261 g/mol. The topological polar surface area (TPSA) is 57.5 Å². The zero-order valence-electron chi connectivity index (χ0n) is 8.28. The maximum Gasteiger partial charge on any atom is 0.314 e. The average Bonchev–Trinajstić information content (AvgIpc) is 2.98. The lowest BCUT2D eigenvalue weighted by atomic mass is 9.93. The predicted octanol–water partition coefficient (Wildman–Crippen LogP) is 2.33. The third kappa shape index (κ3) is 1.59. The van der Waals surface area contributed by atoms with E-state index in [1.54, 1.807) is 18.2 Å². The minimum absolute atomic E-state index is 0.132. The van der Waals surface area contributed by atoms with E-state index >= 15 is 0 Å². The van der Waals surface area contributed by atoms with Crippen molar-refractivity contribution in [2.75, 3.05) is 6.61 Å². The highest BCUT2D eigenvalue weighted by Crippen LogP contribution is 2.54. The number of aliphatic hydroxyl groups excluding tert-OH is 1. The number of rotatable bonds is 3. The molecule has 1 aliphatic rings. The number of benzene rings is 1. The summed E-state index contributed by atoms with van der Waals surface area (Å²) in [6, 6.07) is 4.79. The van der Waals surface area contributed by atoms with E-state index in [1.165, 1.54) is 0 Å². The molecule has 5 heteroatoms. The first-order valence-electron chi connectivity index (χ1n) is 4.82. The molecule has 0 heterocycles. The van der Waals surface area contributed by atoms with Crippen LogP contribution in [-0.2, 0) is 10.2 Å². The highest BCUT2D eigenvalue weighted by Gasteiger charge is 2.61. The normalized spacial score (nSPS) is 27.8. The molecule has 2 rings (SSSR count). The van der Waals surface area contributed by atoms with Crippen LogP contribution in [0.4, 0.5) is 0 Å². The summed E-state index contributed by atoms with van der Waals surface area (Å²) in [5.74, 6) is -1.16. The Morgan fingerprint density at radius 1 is 1.44 bits per heavy atom. The summed E-state index contributed by atoms with van der Waals surface area (Å²) in [4.78, 5) is 11.3. The fourth-order valence-corrected chi connectivity index (χ4v) is 2.36. The van der Waals surface area contributed by atoms with Crippen LogP contribution in [0.1, 0.15) is 12.0 Å². The van der Waals surface area contributed by atoms with Gasteiger partial charge < -0.3 is 10.2 Å². The number of carboxylic acid groups (broad SMARTS) is 1. The lowest BCUT2D eigenvalue weighted by molar-refractivity contribution is -0.140. The molecule has 1 aromatic rings. The Hall–Kier alpha value is -0.770. The first kappa shape index (κ1) is 11.7. The highest BCUT2D eigenvalue weighted by atomic mass is 35.5. The van der Waals surface area contributed by atoms with Gasteiger partial charge in [0.2, 0.25) is 0 Å². The van der Waals surface area contributed by atoms with Crippen molar-refractivity contribution in [3.05, 3.63) is 33.8 Å². The van der Waals surface area contributed by atoms with Crippen LogP contribution in [-0.4, -0.2) is 22.8 Å². The highest BCUT2D eigenvalue weighted by molar-refractivity contribution is 6.42. The number of halogens is 2. The summed E-state index contributed by atoms with van der Waals surface area (Å²) < 4.78 is 0. The van der Waals surface area contributed by atoms with Crippen molar-refractivity contribution in [1.82, 2.24) is 0 Å². The fraction of sp³-hybridized carbons (Fsp3) is 0.364. The molecule has 0 aromatic heterocycles. The number of carboxylic acids is 1. The fourth-order valence-electron chi connectivity index (χ4n) is 2.06. The van der Waals surface area contributed by atoms with E-state index in [0.29, 0.717) is 22.0 Å². The van der Waals surface area contributed by atoms with Crippen LogP contribution in [0.25, 0.3) is 0 Å². The van der Waals surface area contributed by atoms with E-state index < -0.39 is 11.4 Å². The van der Waals surface area contributed by atoms with Crippen molar-refractivity contribution >= 4 is 29.2 Å². The summed E-state index contributed by atoms with van der Waals surface area (Å²) in [5.41, 5.74) is -0.378. The molecule has 16 heavy (non-hydrogen) atoms. The van der Waals surface area contributed by atoms with Crippen molar-refractivity contribution in [2.24, 2.45) is 5.92 Å². The molecule has 2 atom stereocenters. The third-order valence-corrected chi connectivity index (χ3v) is 3.88. The van der Waals surface area contributed by atoms with Gasteiger partial charge >= 0.3 is 5.97 Å². The molecular weight excluding hydrogens is 251 g/mol. The Balaban J connectivity index is 2.43. The molecule has 1 aromatic carbocycles. The Kier molecular flexibility index (Phi) is 2.86. The van der Waals surface area contributed by atoms with Gasteiger partial charge in [-0.25, -0.2) is 0 Å². The van der Waals surface area contributed by atoms with E-state index in [1.807, 2.05) is 0 Å². The second-order valence-corrected chi connectivity index (χ2v) is 4.80. The van der Waals surface area contributed by atoms with Crippen molar-refractivity contribution < 1.29 is 15.0 Å². The van der Waals surface area contributed by atoms with Crippen molar-refractivity contribution in [2.45, 2.75) is 11.8 Å². The maximum atomic E-state index is 11.3. The van der Waals surface area contributed by atoms with Crippen molar-refractivity contribution in [3.63, 3.8) is 0 Å². The molecule has 0 radical (unpaired) electrons. The molecule has 1 saturated carbocycles. The molecule has 1 aliphatic carbocycles. The summed E-state index contributed by atoms with van der Waals surface area (Å²) in [7, 11) is 0. The lowest BCUT2D eigenvalue weighted by Crippen LogP contribution is -2.23. The second kappa shape index (κ2) is 3.91. The van der Waals surface area contributed by atoms with Crippen LogP contribution in [0.3, 0.4) is 0 Å². The first-order valence-corrected chi connectivity index (χ1v) is 5.57. The molecular formula is C11H10Cl2O3. The smallest absolute Gasteiger partial charge is 0.314 e. The third-order valence-electron chi connectivity index (χ3n) is 3.14. The molecule has 3 nitrogen and oxygen atoms in total. The maximum absolute atomic E-state index is 11.3. The van der Waals surface area contributed by atoms with Gasteiger partial charge in [-0.1, -0.05) is 29.3 Å². The summed E-state index contributed by atoms with van der Waals surface area (Å²) in [5, 5.41) is 19.0. The molecule has 0 unspecified atom stereocenters. The Morgan fingerprint density at radius 2 is 2.12 bits per heavy atom. The SMILES string of the molecule is O=C(O)[C@@]1(c2ccc(Cl)c(Cl)c2)C[C@H]1CO. The molecule has 86 valence electrons. The molecule has 1 fully saturated rings. The van der Waals surface area contributed by atoms with E-state index in [0.717, 1.165) is 0 Å². The van der Waals surface area contributed by atoms with E-state index in [-0.39, 0.29) is 12.5 Å². The number of hydrogen-bond donors (Lipinski definition) is 2. The lowest BCUT2D eigenvalue weighted by Gasteiger charge is -2.13. The second-order valence-electron chi connectivity index (χ2n) is 3.99. The van der Waals surface area contributed by atoms with Crippen molar-refractivity contribution in [1.29, 1.82) is 0 Å². The van der Waals surface area contributed by atoms with Crippen LogP contribution in [0.15, 0.2) is 18.2 Å². The van der Waals surface area contributed by atoms with Crippen LogP contribution in [0, 0.1) is 5.92 Å². The van der Waals surface area contributed by atoms with Gasteiger partial charge in [-0.05, 0) is 24.1 Å². The van der Waals surface area contributed by atoms with E-state index in [4.69, 9.17) is 28.3 Å². The first-order chi connectivity index (χ1) is 7.52. The molecule has 2 N–H and O–H groups in total. The number of aliphatic hydroxyl groups is 1. The Bertz CT molecular complexity index is 447. The number of carbonyl (C=O) groups is 1. The molecule has 0 saturated heterocycles. The predicted molar refractivity (Wildman–Crippen MR) is 61.0 cm³/mol. The molecule has 0 spiro atoms.